The van der Waals surface area contributed by atoms with Crippen molar-refractivity contribution in [3.8, 4) is 0 Å². The zero-order valence-electron chi connectivity index (χ0n) is 15.8. The van der Waals surface area contributed by atoms with Crippen LogP contribution in [0.4, 0.5) is 4.39 Å². The Bertz CT molecular complexity index is 842. The first-order valence-corrected chi connectivity index (χ1v) is 10.3. The Hall–Kier alpha value is -1.91. The van der Waals surface area contributed by atoms with E-state index < -0.39 is 5.41 Å². The van der Waals surface area contributed by atoms with Crippen molar-refractivity contribution < 1.29 is 13.9 Å². The number of nitrogens with one attached hydrogen (secondary N) is 1. The lowest BCUT2D eigenvalue weighted by molar-refractivity contribution is -0.130. The van der Waals surface area contributed by atoms with E-state index in [4.69, 9.17) is 16.3 Å². The Morgan fingerprint density at radius 1 is 1.04 bits per heavy atom. The fourth-order valence-corrected chi connectivity index (χ4v) is 4.70. The predicted octanol–water partition coefficient (Wildman–Crippen LogP) is 4.77. The molecule has 0 unspecified atom stereocenters. The van der Waals surface area contributed by atoms with Crippen molar-refractivity contribution in [3.63, 3.8) is 0 Å². The van der Waals surface area contributed by atoms with Gasteiger partial charge in [-0.05, 0) is 61.1 Å². The molecule has 0 atom stereocenters. The molecule has 0 radical (unpaired) electrons. The van der Waals surface area contributed by atoms with E-state index in [0.717, 1.165) is 43.2 Å². The third-order valence-electron chi connectivity index (χ3n) is 6.51. The van der Waals surface area contributed by atoms with Crippen LogP contribution in [0.1, 0.15) is 43.2 Å². The van der Waals surface area contributed by atoms with Crippen molar-refractivity contribution in [1.82, 2.24) is 5.32 Å². The van der Waals surface area contributed by atoms with Crippen LogP contribution < -0.4 is 5.32 Å². The van der Waals surface area contributed by atoms with Gasteiger partial charge in [0.1, 0.15) is 5.82 Å². The van der Waals surface area contributed by atoms with Crippen LogP contribution in [0.15, 0.2) is 48.5 Å². The Morgan fingerprint density at radius 2 is 1.75 bits per heavy atom. The molecule has 2 aromatic rings. The van der Waals surface area contributed by atoms with E-state index in [1.54, 1.807) is 12.1 Å². The molecule has 2 fully saturated rings. The number of rotatable bonds is 5. The SMILES string of the molecule is O=C(NCC1(c2cccc(Cl)c2)CCOCC1)C1(c2ccc(F)cc2)CCC1. The van der Waals surface area contributed by atoms with Gasteiger partial charge in [0.05, 0.1) is 5.41 Å². The van der Waals surface area contributed by atoms with Crippen molar-refractivity contribution in [1.29, 1.82) is 0 Å². The molecule has 2 aliphatic rings. The molecular weight excluding hydrogens is 377 g/mol. The van der Waals surface area contributed by atoms with E-state index in [2.05, 4.69) is 11.4 Å². The van der Waals surface area contributed by atoms with Crippen molar-refractivity contribution in [2.45, 2.75) is 42.9 Å². The second-order valence-corrected chi connectivity index (χ2v) is 8.46. The molecule has 1 heterocycles. The number of ether oxygens (including phenoxy) is 1. The smallest absolute Gasteiger partial charge is 0.230 e. The maximum atomic E-state index is 13.3. The van der Waals surface area contributed by atoms with Gasteiger partial charge in [0.2, 0.25) is 5.91 Å². The zero-order chi connectivity index (χ0) is 19.6. The Labute approximate surface area is 170 Å². The van der Waals surface area contributed by atoms with Gasteiger partial charge in [0, 0.05) is 30.2 Å². The second-order valence-electron chi connectivity index (χ2n) is 8.03. The highest BCUT2D eigenvalue weighted by molar-refractivity contribution is 6.30. The minimum atomic E-state index is -0.533. The zero-order valence-corrected chi connectivity index (χ0v) is 16.6. The fraction of sp³-hybridized carbons (Fsp3) is 0.435. The third kappa shape index (κ3) is 3.56. The first kappa shape index (κ1) is 19.4. The summed E-state index contributed by atoms with van der Waals surface area (Å²) in [6.07, 6.45) is 4.31. The van der Waals surface area contributed by atoms with Gasteiger partial charge in [-0.3, -0.25) is 4.79 Å². The summed E-state index contributed by atoms with van der Waals surface area (Å²) in [6.45, 7) is 1.90. The molecule has 1 saturated carbocycles. The summed E-state index contributed by atoms with van der Waals surface area (Å²) in [7, 11) is 0. The summed E-state index contributed by atoms with van der Waals surface area (Å²) >= 11 is 6.24. The highest BCUT2D eigenvalue weighted by Gasteiger charge is 2.46. The quantitative estimate of drug-likeness (QED) is 0.784. The topological polar surface area (TPSA) is 38.3 Å². The molecule has 148 valence electrons. The molecule has 0 aromatic heterocycles. The van der Waals surface area contributed by atoms with Gasteiger partial charge in [0.25, 0.3) is 0 Å². The summed E-state index contributed by atoms with van der Waals surface area (Å²) < 4.78 is 18.9. The van der Waals surface area contributed by atoms with Gasteiger partial charge in [-0.1, -0.05) is 42.3 Å². The van der Waals surface area contributed by atoms with Crippen molar-refractivity contribution in [3.05, 3.63) is 70.5 Å². The standard InChI is InChI=1S/C23H25ClFNO2/c24-19-4-1-3-18(15-19)22(11-13-28-14-12-22)16-26-21(27)23(9-2-10-23)17-5-7-20(25)8-6-17/h1,3-8,15H,2,9-14,16H2,(H,26,27). The number of benzene rings is 2. The third-order valence-corrected chi connectivity index (χ3v) is 6.75. The molecule has 1 saturated heterocycles. The normalized spacial score (nSPS) is 20.2. The van der Waals surface area contributed by atoms with Gasteiger partial charge in [-0.15, -0.1) is 0 Å². The lowest BCUT2D eigenvalue weighted by Crippen LogP contribution is -2.53. The van der Waals surface area contributed by atoms with E-state index in [9.17, 15) is 9.18 Å². The van der Waals surface area contributed by atoms with Crippen molar-refractivity contribution in [2.24, 2.45) is 0 Å². The van der Waals surface area contributed by atoms with Crippen molar-refractivity contribution >= 4 is 17.5 Å². The molecule has 1 N–H and O–H groups in total. The molecule has 0 bridgehead atoms. The Balaban J connectivity index is 1.55. The van der Waals surface area contributed by atoms with E-state index >= 15 is 0 Å². The Kier molecular flexibility index (Phi) is 5.44. The molecule has 2 aromatic carbocycles. The van der Waals surface area contributed by atoms with Crippen LogP contribution in [-0.4, -0.2) is 25.7 Å². The second kappa shape index (κ2) is 7.84. The van der Waals surface area contributed by atoms with Crippen LogP contribution in [0, 0.1) is 5.82 Å². The van der Waals surface area contributed by atoms with Gasteiger partial charge in [0.15, 0.2) is 0 Å². The molecule has 5 heteroatoms. The first-order valence-electron chi connectivity index (χ1n) is 9.92. The maximum absolute atomic E-state index is 13.3. The number of carbonyl (C=O) groups is 1. The van der Waals surface area contributed by atoms with E-state index in [0.29, 0.717) is 24.8 Å². The summed E-state index contributed by atoms with van der Waals surface area (Å²) in [4.78, 5) is 13.3. The maximum Gasteiger partial charge on any atom is 0.230 e. The van der Waals surface area contributed by atoms with Gasteiger partial charge in [-0.2, -0.15) is 0 Å². The molecule has 4 rings (SSSR count). The molecule has 1 amide bonds. The monoisotopic (exact) mass is 401 g/mol. The first-order chi connectivity index (χ1) is 13.5. The highest BCUT2D eigenvalue weighted by atomic mass is 35.5. The summed E-state index contributed by atoms with van der Waals surface area (Å²) in [5.74, 6) is -0.237. The van der Waals surface area contributed by atoms with Crippen LogP contribution in [0.5, 0.6) is 0 Å². The molecule has 3 nitrogen and oxygen atoms in total. The van der Waals surface area contributed by atoms with Crippen LogP contribution in [0.2, 0.25) is 5.02 Å². The Morgan fingerprint density at radius 3 is 2.36 bits per heavy atom. The number of amides is 1. The van der Waals surface area contributed by atoms with Gasteiger partial charge >= 0.3 is 0 Å². The lowest BCUT2D eigenvalue weighted by atomic mass is 9.63. The van der Waals surface area contributed by atoms with E-state index in [1.807, 2.05) is 18.2 Å². The largest absolute Gasteiger partial charge is 0.381 e. The summed E-state index contributed by atoms with van der Waals surface area (Å²) in [5.41, 5.74) is 1.34. The molecular formula is C23H25ClFNO2. The molecule has 1 aliphatic heterocycles. The summed E-state index contributed by atoms with van der Waals surface area (Å²) in [6, 6.07) is 14.3. The van der Waals surface area contributed by atoms with Crippen LogP contribution in [0.3, 0.4) is 0 Å². The van der Waals surface area contributed by atoms with Crippen molar-refractivity contribution in [2.75, 3.05) is 19.8 Å². The molecule has 0 spiro atoms. The number of carbonyl (C=O) groups excluding carboxylic acids is 1. The predicted molar refractivity (Wildman–Crippen MR) is 108 cm³/mol. The number of hydrogen-bond acceptors (Lipinski definition) is 2. The average Bonchev–Trinajstić information content (AvgIpc) is 2.68. The molecule has 28 heavy (non-hydrogen) atoms. The average molecular weight is 402 g/mol. The lowest BCUT2D eigenvalue weighted by Gasteiger charge is -2.43. The van der Waals surface area contributed by atoms with Crippen LogP contribution in [0.25, 0.3) is 0 Å². The van der Waals surface area contributed by atoms with E-state index in [1.165, 1.54) is 12.1 Å². The van der Waals surface area contributed by atoms with E-state index in [-0.39, 0.29) is 17.1 Å². The minimum absolute atomic E-state index is 0.0400. The highest BCUT2D eigenvalue weighted by Crippen LogP contribution is 2.44. The fourth-order valence-electron chi connectivity index (χ4n) is 4.51. The summed E-state index contributed by atoms with van der Waals surface area (Å²) in [5, 5.41) is 3.94. The van der Waals surface area contributed by atoms with Gasteiger partial charge in [-0.25, -0.2) is 4.39 Å². The van der Waals surface area contributed by atoms with Crippen LogP contribution in [-0.2, 0) is 20.4 Å². The molecule has 1 aliphatic carbocycles. The number of hydrogen-bond donors (Lipinski definition) is 1. The van der Waals surface area contributed by atoms with Gasteiger partial charge < -0.3 is 10.1 Å². The minimum Gasteiger partial charge on any atom is -0.381 e. The van der Waals surface area contributed by atoms with Crippen LogP contribution >= 0.6 is 11.6 Å². The number of halogens is 2.